The van der Waals surface area contributed by atoms with E-state index in [0.717, 1.165) is 6.07 Å². The van der Waals surface area contributed by atoms with Gasteiger partial charge < -0.3 is 5.11 Å². The van der Waals surface area contributed by atoms with E-state index in [-0.39, 0.29) is 15.6 Å². The van der Waals surface area contributed by atoms with Gasteiger partial charge in [-0.2, -0.15) is 0 Å². The van der Waals surface area contributed by atoms with Crippen molar-refractivity contribution >= 4 is 37.8 Å². The molecule has 0 spiro atoms. The molecule has 0 aliphatic carbocycles. The summed E-state index contributed by atoms with van der Waals surface area (Å²) in [5, 5.41) is 8.84. The molecule has 1 N–H and O–H groups in total. The Labute approximate surface area is 101 Å². The number of carbonyl (C=O) groups is 1. The summed E-state index contributed by atoms with van der Waals surface area (Å²) >= 11 is 5.95. The van der Waals surface area contributed by atoms with Crippen LogP contribution in [0.1, 0.15) is 28.0 Å². The Balaban J connectivity index is 3.47. The highest BCUT2D eigenvalue weighted by Crippen LogP contribution is 2.29. The molecule has 7 heteroatoms. The molecule has 0 saturated heterocycles. The van der Waals surface area contributed by atoms with Crippen molar-refractivity contribution in [3.63, 3.8) is 0 Å². The van der Waals surface area contributed by atoms with E-state index in [1.165, 1.54) is 0 Å². The molecule has 3 nitrogen and oxygen atoms in total. The van der Waals surface area contributed by atoms with Crippen molar-refractivity contribution in [2.75, 3.05) is 0 Å². The van der Waals surface area contributed by atoms with Gasteiger partial charge >= 0.3 is 5.97 Å². The zero-order valence-electron chi connectivity index (χ0n) is 7.18. The van der Waals surface area contributed by atoms with Crippen LogP contribution in [0.15, 0.2) is 10.7 Å². The Morgan fingerprint density at radius 3 is 2.60 bits per heavy atom. The Bertz CT molecular complexity index is 398. The van der Waals surface area contributed by atoms with E-state index in [9.17, 15) is 13.6 Å². The quantitative estimate of drug-likeness (QED) is 0.675. The predicted octanol–water partition coefficient (Wildman–Crippen LogP) is 3.37. The van der Waals surface area contributed by atoms with Crippen LogP contribution in [0.5, 0.6) is 0 Å². The van der Waals surface area contributed by atoms with E-state index in [4.69, 9.17) is 5.11 Å². The van der Waals surface area contributed by atoms with E-state index < -0.39 is 23.5 Å². The minimum absolute atomic E-state index is 0.0248. The smallest absolute Gasteiger partial charge is 0.336 e. The molecular weight excluding hydrogens is 340 g/mol. The third kappa shape index (κ3) is 2.72. The summed E-state index contributed by atoms with van der Waals surface area (Å²) in [6, 6.07) is 1.07. The summed E-state index contributed by atoms with van der Waals surface area (Å²) in [7, 11) is 0. The fraction of sp³-hybridized carbons (Fsp3) is 0.250. The highest BCUT2D eigenvalue weighted by atomic mass is 79.9. The van der Waals surface area contributed by atoms with Crippen LogP contribution >= 0.6 is 31.9 Å². The van der Waals surface area contributed by atoms with E-state index in [2.05, 4.69) is 36.8 Å². The lowest BCUT2D eigenvalue weighted by atomic mass is 10.1. The average molecular weight is 345 g/mol. The standard InChI is InChI=1S/C8H5Br2F2NO2/c9-2-4-6(7(11)12)3(8(14)15)1-5(10)13-4/h1,7H,2H2,(H,14,15). The van der Waals surface area contributed by atoms with Gasteiger partial charge in [-0.1, -0.05) is 15.9 Å². The molecule has 82 valence electrons. The molecule has 0 aromatic carbocycles. The number of hydrogen-bond donors (Lipinski definition) is 1. The van der Waals surface area contributed by atoms with Crippen LogP contribution in [-0.2, 0) is 5.33 Å². The first-order valence-corrected chi connectivity index (χ1v) is 5.65. The van der Waals surface area contributed by atoms with E-state index in [1.54, 1.807) is 0 Å². The Morgan fingerprint density at radius 1 is 1.60 bits per heavy atom. The maximum Gasteiger partial charge on any atom is 0.336 e. The lowest BCUT2D eigenvalue weighted by Gasteiger charge is -2.09. The molecule has 1 heterocycles. The predicted molar refractivity (Wildman–Crippen MR) is 56.5 cm³/mol. The van der Waals surface area contributed by atoms with Crippen molar-refractivity contribution in [1.82, 2.24) is 4.98 Å². The molecule has 1 rings (SSSR count). The van der Waals surface area contributed by atoms with Crippen molar-refractivity contribution in [1.29, 1.82) is 0 Å². The lowest BCUT2D eigenvalue weighted by molar-refractivity contribution is 0.0683. The molecular formula is C8H5Br2F2NO2. The number of carboxylic acid groups (broad SMARTS) is 1. The largest absolute Gasteiger partial charge is 0.478 e. The first kappa shape index (κ1) is 12.5. The molecule has 0 aliphatic rings. The molecule has 0 aliphatic heterocycles. The second-order valence-electron chi connectivity index (χ2n) is 2.59. The number of pyridine rings is 1. The van der Waals surface area contributed by atoms with Crippen molar-refractivity contribution in [2.24, 2.45) is 0 Å². The van der Waals surface area contributed by atoms with Gasteiger partial charge in [0.05, 0.1) is 16.8 Å². The molecule has 0 radical (unpaired) electrons. The van der Waals surface area contributed by atoms with Crippen LogP contribution in [0, 0.1) is 0 Å². The fourth-order valence-electron chi connectivity index (χ4n) is 1.10. The molecule has 0 unspecified atom stereocenters. The first-order chi connectivity index (χ1) is 6.97. The summed E-state index contributed by atoms with van der Waals surface area (Å²) < 4.78 is 25.5. The molecule has 0 saturated carbocycles. The maximum absolute atomic E-state index is 12.6. The second-order valence-corrected chi connectivity index (χ2v) is 3.97. The molecule has 0 atom stereocenters. The maximum atomic E-state index is 12.6. The van der Waals surface area contributed by atoms with Gasteiger partial charge in [0.15, 0.2) is 0 Å². The van der Waals surface area contributed by atoms with Crippen LogP contribution in [0.3, 0.4) is 0 Å². The number of aromatic carboxylic acids is 1. The van der Waals surface area contributed by atoms with Gasteiger partial charge in [-0.25, -0.2) is 18.6 Å². The van der Waals surface area contributed by atoms with Gasteiger partial charge in [-0.15, -0.1) is 0 Å². The van der Waals surface area contributed by atoms with Crippen molar-refractivity contribution in [3.05, 3.63) is 27.5 Å². The topological polar surface area (TPSA) is 50.2 Å². The van der Waals surface area contributed by atoms with Crippen LogP contribution in [0.4, 0.5) is 8.78 Å². The second kappa shape index (κ2) is 4.98. The van der Waals surface area contributed by atoms with Crippen molar-refractivity contribution in [3.8, 4) is 0 Å². The minimum Gasteiger partial charge on any atom is -0.478 e. The average Bonchev–Trinajstić information content (AvgIpc) is 2.15. The number of hydrogen-bond acceptors (Lipinski definition) is 2. The number of carboxylic acids is 1. The van der Waals surface area contributed by atoms with Gasteiger partial charge in [-0.05, 0) is 22.0 Å². The zero-order valence-corrected chi connectivity index (χ0v) is 10.3. The van der Waals surface area contributed by atoms with E-state index >= 15 is 0 Å². The number of halogens is 4. The molecule has 0 fully saturated rings. The molecule has 1 aromatic rings. The summed E-state index contributed by atoms with van der Waals surface area (Å²) in [5.74, 6) is -1.39. The van der Waals surface area contributed by atoms with Gasteiger partial charge in [-0.3, -0.25) is 0 Å². The lowest BCUT2D eigenvalue weighted by Crippen LogP contribution is -2.08. The van der Waals surface area contributed by atoms with Crippen LogP contribution in [0.2, 0.25) is 0 Å². The van der Waals surface area contributed by atoms with Crippen LogP contribution < -0.4 is 0 Å². The van der Waals surface area contributed by atoms with Gasteiger partial charge in [0, 0.05) is 5.33 Å². The Hall–Kier alpha value is -0.560. The minimum atomic E-state index is -2.86. The summed E-state index contributed by atoms with van der Waals surface area (Å²) in [4.78, 5) is 14.5. The molecule has 15 heavy (non-hydrogen) atoms. The third-order valence-corrected chi connectivity index (χ3v) is 2.62. The number of aromatic nitrogens is 1. The highest BCUT2D eigenvalue weighted by molar-refractivity contribution is 9.10. The normalized spacial score (nSPS) is 10.7. The van der Waals surface area contributed by atoms with Gasteiger partial charge in [0.1, 0.15) is 4.60 Å². The van der Waals surface area contributed by atoms with E-state index in [0.29, 0.717) is 0 Å². The van der Waals surface area contributed by atoms with Crippen molar-refractivity contribution < 1.29 is 18.7 Å². The highest BCUT2D eigenvalue weighted by Gasteiger charge is 2.23. The fourth-order valence-corrected chi connectivity index (χ4v) is 1.97. The number of nitrogens with zero attached hydrogens (tertiary/aromatic N) is 1. The Morgan fingerprint density at radius 2 is 2.20 bits per heavy atom. The number of rotatable bonds is 3. The molecule has 1 aromatic heterocycles. The molecule has 0 bridgehead atoms. The van der Waals surface area contributed by atoms with Gasteiger partial charge in [0.25, 0.3) is 6.43 Å². The molecule has 0 amide bonds. The third-order valence-electron chi connectivity index (χ3n) is 1.68. The van der Waals surface area contributed by atoms with Crippen molar-refractivity contribution in [2.45, 2.75) is 11.8 Å². The van der Waals surface area contributed by atoms with Crippen LogP contribution in [0.25, 0.3) is 0 Å². The SMILES string of the molecule is O=C(O)c1cc(Br)nc(CBr)c1C(F)F. The number of alkyl halides is 3. The monoisotopic (exact) mass is 343 g/mol. The first-order valence-electron chi connectivity index (χ1n) is 3.74. The summed E-state index contributed by atoms with van der Waals surface area (Å²) in [5.41, 5.74) is -0.944. The Kier molecular flexibility index (Phi) is 4.15. The van der Waals surface area contributed by atoms with Gasteiger partial charge in [0.2, 0.25) is 0 Å². The summed E-state index contributed by atoms with van der Waals surface area (Å²) in [6.07, 6.45) is -2.86. The van der Waals surface area contributed by atoms with Crippen LogP contribution in [-0.4, -0.2) is 16.1 Å². The zero-order chi connectivity index (χ0) is 11.6. The summed E-state index contributed by atoms with van der Waals surface area (Å²) in [6.45, 7) is 0. The van der Waals surface area contributed by atoms with E-state index in [1.807, 2.05) is 0 Å².